The molecule has 3 N–H and O–H groups in total. The van der Waals surface area contributed by atoms with Crippen molar-refractivity contribution in [2.24, 2.45) is 5.73 Å². The van der Waals surface area contributed by atoms with Crippen molar-refractivity contribution in [1.29, 1.82) is 0 Å². The molecule has 0 aromatic heterocycles. The average molecular weight is 275 g/mol. The number of carbonyl (C=O) groups is 1. The number of nitrogens with two attached hydrogens (primary N) is 1. The molecule has 4 nitrogen and oxygen atoms in total. The Morgan fingerprint density at radius 3 is 2.50 bits per heavy atom. The van der Waals surface area contributed by atoms with Gasteiger partial charge in [0.05, 0.1) is 17.2 Å². The number of hydrogen-bond donors (Lipinski definition) is 2. The Balaban J connectivity index is 2.46. The van der Waals surface area contributed by atoms with E-state index in [1.54, 1.807) is 18.2 Å². The van der Waals surface area contributed by atoms with E-state index < -0.39 is 17.8 Å². The van der Waals surface area contributed by atoms with Crippen LogP contribution < -0.4 is 10.5 Å². The molecule has 0 fully saturated rings. The number of benzene rings is 2. The lowest BCUT2D eigenvalue weighted by molar-refractivity contribution is 0.0998. The molecule has 20 heavy (non-hydrogen) atoms. The highest BCUT2D eigenvalue weighted by Gasteiger charge is 2.17. The van der Waals surface area contributed by atoms with E-state index in [1.165, 1.54) is 31.2 Å². The number of aliphatic hydroxyl groups is 1. The Morgan fingerprint density at radius 2 is 1.85 bits per heavy atom. The SMILES string of the molecule is C[C@H](O)c1c(F)cccc1Oc1ccccc1C(N)=O. The first-order valence-electron chi connectivity index (χ1n) is 6.04. The summed E-state index contributed by atoms with van der Waals surface area (Å²) < 4.78 is 19.3. The van der Waals surface area contributed by atoms with Crippen LogP contribution in [0.1, 0.15) is 28.9 Å². The van der Waals surface area contributed by atoms with Crippen molar-refractivity contribution >= 4 is 5.91 Å². The van der Waals surface area contributed by atoms with Gasteiger partial charge in [0.25, 0.3) is 5.91 Å². The molecule has 0 unspecified atom stereocenters. The van der Waals surface area contributed by atoms with Gasteiger partial charge in [0.15, 0.2) is 0 Å². The zero-order valence-corrected chi connectivity index (χ0v) is 10.8. The molecule has 2 aromatic carbocycles. The van der Waals surface area contributed by atoms with Crippen molar-refractivity contribution in [2.45, 2.75) is 13.0 Å². The quantitative estimate of drug-likeness (QED) is 0.901. The summed E-state index contributed by atoms with van der Waals surface area (Å²) in [4.78, 5) is 11.3. The second kappa shape index (κ2) is 5.71. The summed E-state index contributed by atoms with van der Waals surface area (Å²) in [5, 5.41) is 9.63. The van der Waals surface area contributed by atoms with Gasteiger partial charge in [0.1, 0.15) is 17.3 Å². The zero-order valence-electron chi connectivity index (χ0n) is 10.8. The van der Waals surface area contributed by atoms with E-state index in [9.17, 15) is 14.3 Å². The molecule has 0 saturated heterocycles. The maximum absolute atomic E-state index is 13.7. The fourth-order valence-corrected chi connectivity index (χ4v) is 1.89. The number of halogens is 1. The van der Waals surface area contributed by atoms with E-state index in [0.717, 1.165) is 0 Å². The van der Waals surface area contributed by atoms with Crippen molar-refractivity contribution in [1.82, 2.24) is 0 Å². The monoisotopic (exact) mass is 275 g/mol. The van der Waals surface area contributed by atoms with E-state index in [-0.39, 0.29) is 22.6 Å². The Hall–Kier alpha value is -2.40. The fraction of sp³-hybridized carbons (Fsp3) is 0.133. The Morgan fingerprint density at radius 1 is 1.20 bits per heavy atom. The Labute approximate surface area is 115 Å². The number of para-hydroxylation sites is 1. The first-order chi connectivity index (χ1) is 9.50. The second-order valence-corrected chi connectivity index (χ2v) is 4.29. The summed E-state index contributed by atoms with van der Waals surface area (Å²) in [6.07, 6.45) is -1.04. The molecule has 0 aliphatic carbocycles. The van der Waals surface area contributed by atoms with E-state index >= 15 is 0 Å². The van der Waals surface area contributed by atoms with Gasteiger partial charge < -0.3 is 15.6 Å². The molecule has 0 heterocycles. The normalized spacial score (nSPS) is 11.9. The van der Waals surface area contributed by atoms with E-state index in [1.807, 2.05) is 0 Å². The first-order valence-corrected chi connectivity index (χ1v) is 6.04. The van der Waals surface area contributed by atoms with Crippen LogP contribution in [-0.2, 0) is 0 Å². The second-order valence-electron chi connectivity index (χ2n) is 4.29. The number of carbonyl (C=O) groups excluding carboxylic acids is 1. The molecule has 5 heteroatoms. The van der Waals surface area contributed by atoms with Crippen LogP contribution in [0.25, 0.3) is 0 Å². The lowest BCUT2D eigenvalue weighted by Gasteiger charge is -2.15. The molecule has 0 saturated carbocycles. The summed E-state index contributed by atoms with van der Waals surface area (Å²) in [5.41, 5.74) is 5.48. The summed E-state index contributed by atoms with van der Waals surface area (Å²) in [5.74, 6) is -0.856. The topological polar surface area (TPSA) is 72.6 Å². The minimum atomic E-state index is -1.04. The van der Waals surface area contributed by atoms with Gasteiger partial charge in [-0.1, -0.05) is 18.2 Å². The lowest BCUT2D eigenvalue weighted by Crippen LogP contribution is -2.12. The van der Waals surface area contributed by atoms with E-state index in [4.69, 9.17) is 10.5 Å². The molecule has 2 rings (SSSR count). The van der Waals surface area contributed by atoms with Gasteiger partial charge in [-0.2, -0.15) is 0 Å². The highest BCUT2D eigenvalue weighted by molar-refractivity contribution is 5.95. The predicted octanol–water partition coefficient (Wildman–Crippen LogP) is 2.77. The molecule has 0 spiro atoms. The van der Waals surface area contributed by atoms with Crippen LogP contribution in [0.15, 0.2) is 42.5 Å². The van der Waals surface area contributed by atoms with Gasteiger partial charge in [-0.3, -0.25) is 4.79 Å². The number of ether oxygens (including phenoxy) is 1. The Kier molecular flexibility index (Phi) is 4.00. The molecular weight excluding hydrogens is 261 g/mol. The molecule has 104 valence electrons. The minimum Gasteiger partial charge on any atom is -0.456 e. The number of rotatable bonds is 4. The third kappa shape index (κ3) is 2.78. The molecule has 2 aromatic rings. The molecule has 0 bridgehead atoms. The van der Waals surface area contributed by atoms with Crippen LogP contribution in [0.4, 0.5) is 4.39 Å². The van der Waals surface area contributed by atoms with Crippen LogP contribution in [0.3, 0.4) is 0 Å². The summed E-state index contributed by atoms with van der Waals surface area (Å²) in [6, 6.07) is 10.6. The van der Waals surface area contributed by atoms with Crippen molar-refractivity contribution in [3.8, 4) is 11.5 Å². The van der Waals surface area contributed by atoms with Crippen molar-refractivity contribution < 1.29 is 19.0 Å². The number of aliphatic hydroxyl groups excluding tert-OH is 1. The largest absolute Gasteiger partial charge is 0.456 e. The van der Waals surface area contributed by atoms with Crippen LogP contribution in [0.5, 0.6) is 11.5 Å². The van der Waals surface area contributed by atoms with E-state index in [0.29, 0.717) is 0 Å². The lowest BCUT2D eigenvalue weighted by atomic mass is 10.1. The molecule has 0 aliphatic rings. The maximum atomic E-state index is 13.7. The number of hydrogen-bond acceptors (Lipinski definition) is 3. The van der Waals surface area contributed by atoms with Gasteiger partial charge in [-0.05, 0) is 31.2 Å². The highest BCUT2D eigenvalue weighted by atomic mass is 19.1. The summed E-state index contributed by atoms with van der Waals surface area (Å²) in [6.45, 7) is 1.44. The fourth-order valence-electron chi connectivity index (χ4n) is 1.89. The molecule has 1 amide bonds. The zero-order chi connectivity index (χ0) is 14.7. The summed E-state index contributed by atoms with van der Waals surface area (Å²) >= 11 is 0. The molecule has 1 atom stereocenters. The molecule has 0 aliphatic heterocycles. The van der Waals surface area contributed by atoms with Crippen molar-refractivity contribution in [2.75, 3.05) is 0 Å². The first kappa shape index (κ1) is 14.0. The van der Waals surface area contributed by atoms with Crippen LogP contribution >= 0.6 is 0 Å². The Bertz CT molecular complexity index is 641. The predicted molar refractivity (Wildman–Crippen MR) is 72.1 cm³/mol. The molecule has 0 radical (unpaired) electrons. The van der Waals surface area contributed by atoms with Crippen LogP contribution in [-0.4, -0.2) is 11.0 Å². The number of primary amides is 1. The van der Waals surface area contributed by atoms with E-state index in [2.05, 4.69) is 0 Å². The van der Waals surface area contributed by atoms with Crippen molar-refractivity contribution in [3.05, 3.63) is 59.4 Å². The van der Waals surface area contributed by atoms with Gasteiger partial charge >= 0.3 is 0 Å². The molecular formula is C15H14FNO3. The standard InChI is InChI=1S/C15H14FNO3/c1-9(18)14-11(16)6-4-8-13(14)20-12-7-3-2-5-10(12)15(17)19/h2-9,18H,1H3,(H2,17,19)/t9-/m0/s1. The van der Waals surface area contributed by atoms with Crippen molar-refractivity contribution in [3.63, 3.8) is 0 Å². The minimum absolute atomic E-state index is 0.0340. The van der Waals surface area contributed by atoms with Gasteiger partial charge in [0, 0.05) is 0 Å². The highest BCUT2D eigenvalue weighted by Crippen LogP contribution is 2.32. The van der Waals surface area contributed by atoms with Crippen LogP contribution in [0, 0.1) is 5.82 Å². The third-order valence-corrected chi connectivity index (χ3v) is 2.80. The number of amides is 1. The smallest absolute Gasteiger partial charge is 0.252 e. The average Bonchev–Trinajstić information content (AvgIpc) is 2.38. The van der Waals surface area contributed by atoms with Crippen LogP contribution in [0.2, 0.25) is 0 Å². The summed E-state index contributed by atoms with van der Waals surface area (Å²) in [7, 11) is 0. The van der Waals surface area contributed by atoms with Gasteiger partial charge in [0.2, 0.25) is 0 Å². The van der Waals surface area contributed by atoms with Gasteiger partial charge in [-0.25, -0.2) is 4.39 Å². The maximum Gasteiger partial charge on any atom is 0.252 e. The van der Waals surface area contributed by atoms with Gasteiger partial charge in [-0.15, -0.1) is 0 Å². The third-order valence-electron chi connectivity index (χ3n) is 2.80.